The Bertz CT molecular complexity index is 1130. The molecule has 8 heteroatoms. The fraction of sp³-hybridized carbons (Fsp3) is 0.458. The van der Waals surface area contributed by atoms with E-state index >= 15 is 0 Å². The first-order valence-corrected chi connectivity index (χ1v) is 11.2. The van der Waals surface area contributed by atoms with E-state index < -0.39 is 5.60 Å². The van der Waals surface area contributed by atoms with E-state index in [0.29, 0.717) is 19.1 Å². The molecule has 1 saturated heterocycles. The summed E-state index contributed by atoms with van der Waals surface area (Å²) in [7, 11) is 0. The van der Waals surface area contributed by atoms with Gasteiger partial charge in [0.05, 0.1) is 28.3 Å². The smallest absolute Gasteiger partial charge is 0.414 e. The maximum Gasteiger partial charge on any atom is 0.414 e. The number of benzene rings is 1. The van der Waals surface area contributed by atoms with Crippen LogP contribution in [0.1, 0.15) is 39.7 Å². The molecule has 1 aromatic carbocycles. The lowest BCUT2D eigenvalue weighted by Gasteiger charge is -2.37. The number of amides is 1. The zero-order chi connectivity index (χ0) is 22.3. The zero-order valence-electron chi connectivity index (χ0n) is 18.8. The lowest BCUT2D eigenvalue weighted by atomic mass is 10.1. The first kappa shape index (κ1) is 20.8. The molecule has 0 saturated carbocycles. The molecule has 0 bridgehead atoms. The van der Waals surface area contributed by atoms with Gasteiger partial charge in [0.2, 0.25) is 0 Å². The lowest BCUT2D eigenvalue weighted by Crippen LogP contribution is -2.44. The minimum Gasteiger partial charge on any atom is -0.443 e. The number of para-hydroxylation sites is 2. The molecule has 8 nitrogen and oxygen atoms in total. The van der Waals surface area contributed by atoms with E-state index in [-0.39, 0.29) is 6.09 Å². The number of fused-ring (bicyclic) bond motifs is 2. The van der Waals surface area contributed by atoms with Crippen LogP contribution in [0.4, 0.5) is 22.0 Å². The van der Waals surface area contributed by atoms with Crippen LogP contribution in [0.15, 0.2) is 42.7 Å². The minimum absolute atomic E-state index is 0.306. The Hall–Kier alpha value is -3.13. The van der Waals surface area contributed by atoms with Gasteiger partial charge in [0, 0.05) is 38.7 Å². The van der Waals surface area contributed by atoms with Gasteiger partial charge in [-0.2, -0.15) is 5.10 Å². The number of anilines is 3. The summed E-state index contributed by atoms with van der Waals surface area (Å²) >= 11 is 0. The van der Waals surface area contributed by atoms with Crippen LogP contribution >= 0.6 is 0 Å². The van der Waals surface area contributed by atoms with Crippen LogP contribution in [0.3, 0.4) is 0 Å². The third-order valence-corrected chi connectivity index (χ3v) is 5.91. The fourth-order valence-electron chi connectivity index (χ4n) is 4.46. The molecule has 5 rings (SSSR count). The van der Waals surface area contributed by atoms with E-state index in [1.165, 1.54) is 0 Å². The molecule has 0 N–H and O–H groups in total. The molecule has 2 aromatic heterocycles. The van der Waals surface area contributed by atoms with E-state index in [9.17, 15) is 4.79 Å². The molecule has 0 atom stereocenters. The highest BCUT2D eigenvalue weighted by Crippen LogP contribution is 2.41. The van der Waals surface area contributed by atoms with Gasteiger partial charge in [0.25, 0.3) is 0 Å². The van der Waals surface area contributed by atoms with Gasteiger partial charge in [-0.15, -0.1) is 0 Å². The van der Waals surface area contributed by atoms with Gasteiger partial charge in [-0.25, -0.2) is 4.79 Å². The van der Waals surface area contributed by atoms with Crippen LogP contribution in [0.25, 0.3) is 10.9 Å². The first-order chi connectivity index (χ1) is 15.4. The number of carbonyl (C=O) groups is 1. The van der Waals surface area contributed by atoms with Gasteiger partial charge in [-0.05, 0) is 51.8 Å². The van der Waals surface area contributed by atoms with Gasteiger partial charge in [0.15, 0.2) is 5.82 Å². The highest BCUT2D eigenvalue weighted by molar-refractivity contribution is 5.98. The van der Waals surface area contributed by atoms with Crippen LogP contribution in [-0.2, 0) is 9.47 Å². The number of ether oxygens (including phenoxy) is 2. The third kappa shape index (κ3) is 3.79. The van der Waals surface area contributed by atoms with Crippen molar-refractivity contribution in [3.63, 3.8) is 0 Å². The summed E-state index contributed by atoms with van der Waals surface area (Å²) in [5.41, 5.74) is 2.29. The second kappa shape index (κ2) is 8.09. The Labute approximate surface area is 187 Å². The van der Waals surface area contributed by atoms with Gasteiger partial charge in [-0.3, -0.25) is 14.6 Å². The van der Waals surface area contributed by atoms with E-state index in [2.05, 4.69) is 14.6 Å². The Kier molecular flexibility index (Phi) is 5.25. The predicted molar refractivity (Wildman–Crippen MR) is 124 cm³/mol. The summed E-state index contributed by atoms with van der Waals surface area (Å²) in [6.45, 7) is 8.29. The summed E-state index contributed by atoms with van der Waals surface area (Å²) in [5, 5.41) is 6.09. The number of carbonyl (C=O) groups excluding carboxylic acids is 1. The lowest BCUT2D eigenvalue weighted by molar-refractivity contribution is 0.0580. The molecule has 4 heterocycles. The molecule has 2 aliphatic heterocycles. The highest BCUT2D eigenvalue weighted by atomic mass is 16.6. The molecule has 0 spiro atoms. The van der Waals surface area contributed by atoms with Crippen molar-refractivity contribution in [2.45, 2.75) is 45.3 Å². The average Bonchev–Trinajstić information content (AvgIpc) is 3.17. The molecule has 1 fully saturated rings. The molecule has 0 radical (unpaired) electrons. The van der Waals surface area contributed by atoms with Crippen molar-refractivity contribution in [2.75, 3.05) is 36.1 Å². The van der Waals surface area contributed by atoms with Crippen LogP contribution in [-0.4, -0.2) is 52.8 Å². The molecule has 0 aliphatic carbocycles. The molecule has 168 valence electrons. The van der Waals surface area contributed by atoms with Crippen LogP contribution in [0.5, 0.6) is 0 Å². The minimum atomic E-state index is -0.548. The van der Waals surface area contributed by atoms with Gasteiger partial charge in [0.1, 0.15) is 5.60 Å². The normalized spacial score (nSPS) is 17.5. The van der Waals surface area contributed by atoms with Crippen molar-refractivity contribution in [1.82, 2.24) is 14.8 Å². The second-order valence-corrected chi connectivity index (χ2v) is 9.28. The summed E-state index contributed by atoms with van der Waals surface area (Å²) in [6.07, 6.45) is 5.26. The number of aromatic nitrogens is 3. The monoisotopic (exact) mass is 435 g/mol. The molecule has 32 heavy (non-hydrogen) atoms. The summed E-state index contributed by atoms with van der Waals surface area (Å²) in [4.78, 5) is 21.2. The maximum atomic E-state index is 12.9. The van der Waals surface area contributed by atoms with E-state index in [0.717, 1.165) is 54.2 Å². The van der Waals surface area contributed by atoms with Crippen LogP contribution in [0, 0.1) is 0 Å². The highest BCUT2D eigenvalue weighted by Gasteiger charge is 2.33. The number of rotatable bonds is 2. The Morgan fingerprint density at radius 3 is 2.59 bits per heavy atom. The summed E-state index contributed by atoms with van der Waals surface area (Å²) in [5.74, 6) is 0.871. The van der Waals surface area contributed by atoms with Crippen molar-refractivity contribution in [1.29, 1.82) is 0 Å². The van der Waals surface area contributed by atoms with Gasteiger partial charge >= 0.3 is 6.09 Å². The molecule has 3 aromatic rings. The molecular weight excluding hydrogens is 406 g/mol. The van der Waals surface area contributed by atoms with Crippen LogP contribution in [0.2, 0.25) is 0 Å². The average molecular weight is 436 g/mol. The van der Waals surface area contributed by atoms with Crippen molar-refractivity contribution >= 4 is 34.2 Å². The summed E-state index contributed by atoms with van der Waals surface area (Å²) < 4.78 is 13.4. The van der Waals surface area contributed by atoms with Crippen LogP contribution < -0.4 is 9.80 Å². The predicted octanol–water partition coefficient (Wildman–Crippen LogP) is 4.68. The second-order valence-electron chi connectivity index (χ2n) is 9.28. The van der Waals surface area contributed by atoms with E-state index in [1.807, 2.05) is 63.5 Å². The fourth-order valence-corrected chi connectivity index (χ4v) is 4.46. The standard InChI is InChI=1S/C24H29N5O3/c1-24(2,3)32-23(30)28-13-12-27(20-6-4-5-7-21(20)28)22-18-16-25-11-8-19(18)29(26-22)17-9-14-31-15-10-17/h4-8,11,16-17H,9-10,12-15H2,1-3H3. The van der Waals surface area contributed by atoms with E-state index in [1.54, 1.807) is 4.90 Å². The largest absolute Gasteiger partial charge is 0.443 e. The Balaban J connectivity index is 1.55. The van der Waals surface area contributed by atoms with Crippen molar-refractivity contribution in [3.8, 4) is 0 Å². The summed E-state index contributed by atoms with van der Waals surface area (Å²) in [6, 6.07) is 10.3. The maximum absolute atomic E-state index is 12.9. The first-order valence-electron chi connectivity index (χ1n) is 11.2. The van der Waals surface area contributed by atoms with Crippen molar-refractivity contribution < 1.29 is 14.3 Å². The Morgan fingerprint density at radius 1 is 1.09 bits per heavy atom. The molecule has 2 aliphatic rings. The third-order valence-electron chi connectivity index (χ3n) is 5.91. The number of hydrogen-bond donors (Lipinski definition) is 0. The Morgan fingerprint density at radius 2 is 1.84 bits per heavy atom. The number of hydrogen-bond acceptors (Lipinski definition) is 6. The molecular formula is C24H29N5O3. The topological polar surface area (TPSA) is 72.7 Å². The SMILES string of the molecule is CC(C)(C)OC(=O)N1CCN(c2nn(C3CCOCC3)c3ccncc23)c2ccccc21. The van der Waals surface area contributed by atoms with Gasteiger partial charge < -0.3 is 14.4 Å². The number of pyridine rings is 1. The van der Waals surface area contributed by atoms with Crippen molar-refractivity contribution in [2.24, 2.45) is 0 Å². The van der Waals surface area contributed by atoms with Crippen molar-refractivity contribution in [3.05, 3.63) is 42.7 Å². The number of nitrogens with zero attached hydrogens (tertiary/aromatic N) is 5. The van der Waals surface area contributed by atoms with Gasteiger partial charge in [-0.1, -0.05) is 12.1 Å². The van der Waals surface area contributed by atoms with E-state index in [4.69, 9.17) is 14.6 Å². The molecule has 0 unspecified atom stereocenters. The molecule has 1 amide bonds. The quantitative estimate of drug-likeness (QED) is 0.582. The zero-order valence-corrected chi connectivity index (χ0v) is 18.8.